The number of hydrogen-bond acceptors (Lipinski definition) is 6. The van der Waals surface area contributed by atoms with E-state index in [1.54, 1.807) is 35.9 Å². The Morgan fingerprint density at radius 2 is 1.91 bits per heavy atom. The molecule has 2 aromatic carbocycles. The molecule has 0 fully saturated rings. The van der Waals surface area contributed by atoms with Crippen molar-refractivity contribution in [1.29, 1.82) is 0 Å². The lowest BCUT2D eigenvalue weighted by molar-refractivity contribution is -0.139. The van der Waals surface area contributed by atoms with Crippen LogP contribution in [0.3, 0.4) is 0 Å². The van der Waals surface area contributed by atoms with E-state index >= 15 is 0 Å². The summed E-state index contributed by atoms with van der Waals surface area (Å²) in [4.78, 5) is 39.9. The number of carboxylic acid groups (broad SMARTS) is 1. The maximum atomic E-state index is 13.2. The van der Waals surface area contributed by atoms with E-state index in [0.717, 1.165) is 0 Å². The molecule has 3 heterocycles. The van der Waals surface area contributed by atoms with Gasteiger partial charge in [-0.3, -0.25) is 19.4 Å². The molecular weight excluding hydrogens is 454 g/mol. The standard InChI is InChI=1S/C25H23N3O7/c1-11(2)28-24-20(25(32)27-28)19(13-5-8-16(33-4)17(9-13)34-10-18(30)31)23-21(26-24)14-6-7-15(29)12(3)22(14)35-23/h5-9,11,26H,10H2,1-4H3,(H,27,32)(H,30,31). The van der Waals surface area contributed by atoms with Crippen LogP contribution < -0.4 is 20.5 Å². The molecule has 180 valence electrons. The summed E-state index contributed by atoms with van der Waals surface area (Å²) in [5, 5.41) is 13.0. The van der Waals surface area contributed by atoms with E-state index in [-0.39, 0.29) is 22.8 Å². The maximum absolute atomic E-state index is 13.2. The molecular formula is C25H23N3O7. The van der Waals surface area contributed by atoms with Crippen LogP contribution in [-0.2, 0) is 4.79 Å². The van der Waals surface area contributed by atoms with Gasteiger partial charge in [-0.15, -0.1) is 0 Å². The van der Waals surface area contributed by atoms with Crippen molar-refractivity contribution in [1.82, 2.24) is 14.8 Å². The molecule has 0 amide bonds. The second kappa shape index (κ2) is 8.08. The third kappa shape index (κ3) is 3.45. The number of nitrogens with one attached hydrogen (secondary N) is 2. The number of carboxylic acids is 1. The summed E-state index contributed by atoms with van der Waals surface area (Å²) in [6.45, 7) is 5.02. The predicted molar refractivity (Wildman–Crippen MR) is 131 cm³/mol. The van der Waals surface area contributed by atoms with Crippen LogP contribution in [0.15, 0.2) is 44.3 Å². The lowest BCUT2D eigenvalue weighted by Crippen LogP contribution is -2.10. The fourth-order valence-corrected chi connectivity index (χ4v) is 4.36. The van der Waals surface area contributed by atoms with Crippen LogP contribution in [0, 0.1) is 6.92 Å². The van der Waals surface area contributed by atoms with E-state index < -0.39 is 12.6 Å². The van der Waals surface area contributed by atoms with Crippen molar-refractivity contribution in [2.45, 2.75) is 26.8 Å². The van der Waals surface area contributed by atoms with Gasteiger partial charge in [0.25, 0.3) is 5.56 Å². The number of H-pyrrole nitrogens is 2. The number of furan rings is 1. The van der Waals surface area contributed by atoms with Crippen molar-refractivity contribution < 1.29 is 23.8 Å². The molecule has 0 aliphatic heterocycles. The first-order valence-corrected chi connectivity index (χ1v) is 11.0. The van der Waals surface area contributed by atoms with Gasteiger partial charge in [0.05, 0.1) is 18.0 Å². The summed E-state index contributed by atoms with van der Waals surface area (Å²) in [5.41, 5.74) is 3.03. The summed E-state index contributed by atoms with van der Waals surface area (Å²) in [6.07, 6.45) is 0. The third-order valence-electron chi connectivity index (χ3n) is 6.02. The van der Waals surface area contributed by atoms with Crippen LogP contribution in [-0.4, -0.2) is 39.6 Å². The van der Waals surface area contributed by atoms with Crippen LogP contribution in [0.5, 0.6) is 11.5 Å². The number of methoxy groups -OCH3 is 1. The van der Waals surface area contributed by atoms with Gasteiger partial charge in [0.2, 0.25) is 0 Å². The Hall–Kier alpha value is -4.47. The molecule has 35 heavy (non-hydrogen) atoms. The molecule has 0 saturated heterocycles. The summed E-state index contributed by atoms with van der Waals surface area (Å²) < 4.78 is 18.7. The number of aromatic amines is 2. The monoisotopic (exact) mass is 477 g/mol. The van der Waals surface area contributed by atoms with Crippen molar-refractivity contribution in [3.05, 3.63) is 56.5 Å². The lowest BCUT2D eigenvalue weighted by atomic mass is 10.0. The molecule has 10 heteroatoms. The largest absolute Gasteiger partial charge is 0.493 e. The first-order chi connectivity index (χ1) is 16.7. The minimum atomic E-state index is -1.14. The minimum Gasteiger partial charge on any atom is -0.493 e. The van der Waals surface area contributed by atoms with Crippen molar-refractivity contribution in [2.24, 2.45) is 0 Å². The summed E-state index contributed by atoms with van der Waals surface area (Å²) in [6, 6.07) is 8.12. The van der Waals surface area contributed by atoms with E-state index in [2.05, 4.69) is 10.1 Å². The molecule has 0 saturated carbocycles. The molecule has 10 nitrogen and oxygen atoms in total. The highest BCUT2D eigenvalue weighted by Gasteiger charge is 2.24. The molecule has 0 aliphatic rings. The zero-order valence-corrected chi connectivity index (χ0v) is 19.5. The van der Waals surface area contributed by atoms with Crippen molar-refractivity contribution >= 4 is 39.1 Å². The molecule has 0 spiro atoms. The van der Waals surface area contributed by atoms with Crippen LogP contribution in [0.25, 0.3) is 44.2 Å². The number of nitrogens with zero attached hydrogens (tertiary/aromatic N) is 1. The Morgan fingerprint density at radius 1 is 1.14 bits per heavy atom. The quantitative estimate of drug-likeness (QED) is 0.336. The normalized spacial score (nSPS) is 11.7. The molecule has 5 rings (SSSR count). The SMILES string of the molecule is COc1ccc(-c2c3oc4c(C)c(=O)ccc4c3[nH]c3c2c(=O)[nH]n3C(C)C)cc1OCC(=O)O. The lowest BCUT2D eigenvalue weighted by Gasteiger charge is -2.13. The maximum Gasteiger partial charge on any atom is 0.341 e. The number of benzene rings is 2. The van der Waals surface area contributed by atoms with Crippen LogP contribution in [0.1, 0.15) is 25.5 Å². The van der Waals surface area contributed by atoms with Crippen molar-refractivity contribution in [3.63, 3.8) is 0 Å². The van der Waals surface area contributed by atoms with Crippen LogP contribution >= 0.6 is 0 Å². The average Bonchev–Trinajstić information content (AvgIpc) is 3.36. The van der Waals surface area contributed by atoms with E-state index in [1.165, 1.54) is 13.2 Å². The molecule has 0 atom stereocenters. The summed E-state index contributed by atoms with van der Waals surface area (Å²) >= 11 is 0. The topological polar surface area (TPSA) is 140 Å². The number of aromatic nitrogens is 3. The Kier molecular flexibility index (Phi) is 5.16. The number of rotatable bonds is 6. The molecule has 0 aliphatic carbocycles. The van der Waals surface area contributed by atoms with Crippen LogP contribution in [0.2, 0.25) is 0 Å². The Morgan fingerprint density at radius 3 is 2.60 bits per heavy atom. The van der Waals surface area contributed by atoms with Gasteiger partial charge in [-0.25, -0.2) is 4.79 Å². The van der Waals surface area contributed by atoms with Crippen LogP contribution in [0.4, 0.5) is 0 Å². The first-order valence-electron chi connectivity index (χ1n) is 11.0. The zero-order chi connectivity index (χ0) is 25.0. The van der Waals surface area contributed by atoms with E-state index in [1.807, 2.05) is 13.8 Å². The number of aryl methyl sites for hydroxylation is 1. The van der Waals surface area contributed by atoms with E-state index in [0.29, 0.717) is 55.5 Å². The minimum absolute atomic E-state index is 0.0553. The smallest absolute Gasteiger partial charge is 0.341 e. The molecule has 3 N–H and O–H groups in total. The third-order valence-corrected chi connectivity index (χ3v) is 6.02. The summed E-state index contributed by atoms with van der Waals surface area (Å²) in [7, 11) is 1.45. The fourth-order valence-electron chi connectivity index (χ4n) is 4.36. The van der Waals surface area contributed by atoms with Gasteiger partial charge in [-0.1, -0.05) is 6.07 Å². The fraction of sp³-hybridized carbons (Fsp3) is 0.240. The molecule has 0 unspecified atom stereocenters. The number of ether oxygens (including phenoxy) is 2. The highest BCUT2D eigenvalue weighted by Crippen LogP contribution is 2.41. The van der Waals surface area contributed by atoms with Gasteiger partial charge >= 0.3 is 5.97 Å². The van der Waals surface area contributed by atoms with Crippen molar-refractivity contribution in [3.8, 4) is 22.6 Å². The van der Waals surface area contributed by atoms with E-state index in [4.69, 9.17) is 19.0 Å². The molecule has 5 aromatic rings. The summed E-state index contributed by atoms with van der Waals surface area (Å²) in [5.74, 6) is -0.589. The molecule has 0 radical (unpaired) electrons. The highest BCUT2D eigenvalue weighted by molar-refractivity contribution is 6.14. The first kappa shape index (κ1) is 22.3. The Bertz CT molecular complexity index is 1750. The Labute approximate surface area is 197 Å². The number of fused-ring (bicyclic) bond motifs is 4. The zero-order valence-electron chi connectivity index (χ0n) is 19.5. The van der Waals surface area contributed by atoms with E-state index in [9.17, 15) is 14.4 Å². The second-order valence-electron chi connectivity index (χ2n) is 8.55. The van der Waals surface area contributed by atoms with Gasteiger partial charge in [0, 0.05) is 22.6 Å². The van der Waals surface area contributed by atoms with Gasteiger partial charge in [0.1, 0.15) is 11.2 Å². The number of carbonyl (C=O) groups is 1. The number of hydrogen-bond donors (Lipinski definition) is 3. The molecule has 3 aromatic heterocycles. The number of aliphatic carboxylic acids is 1. The second-order valence-corrected chi connectivity index (χ2v) is 8.55. The van der Waals surface area contributed by atoms with Crippen molar-refractivity contribution in [2.75, 3.05) is 13.7 Å². The predicted octanol–water partition coefficient (Wildman–Crippen LogP) is 3.95. The average molecular weight is 477 g/mol. The van der Waals surface area contributed by atoms with Gasteiger partial charge < -0.3 is 24.0 Å². The van der Waals surface area contributed by atoms with Gasteiger partial charge in [0.15, 0.2) is 29.1 Å². The highest BCUT2D eigenvalue weighted by atomic mass is 16.5. The Balaban J connectivity index is 1.93. The van der Waals surface area contributed by atoms with Gasteiger partial charge in [-0.05, 0) is 50.6 Å². The molecule has 0 bridgehead atoms. The van der Waals surface area contributed by atoms with Gasteiger partial charge in [-0.2, -0.15) is 0 Å². The number of pyridine rings is 1.